The molecule has 2 aliphatic carbocycles. The van der Waals surface area contributed by atoms with Crippen LogP contribution in [0.5, 0.6) is 0 Å². The zero-order valence-electron chi connectivity index (χ0n) is 12.7. The minimum absolute atomic E-state index is 0.249. The lowest BCUT2D eigenvalue weighted by atomic mass is 9.71. The van der Waals surface area contributed by atoms with Gasteiger partial charge in [-0.2, -0.15) is 0 Å². The van der Waals surface area contributed by atoms with Gasteiger partial charge in [-0.1, -0.05) is 38.0 Å². The van der Waals surface area contributed by atoms with E-state index in [1.54, 1.807) is 6.07 Å². The molecular formula is C19H24F2. The van der Waals surface area contributed by atoms with Crippen LogP contribution in [0.1, 0.15) is 56.9 Å². The van der Waals surface area contributed by atoms with Crippen molar-refractivity contribution in [1.82, 2.24) is 0 Å². The molecule has 2 heteroatoms. The molecule has 2 unspecified atom stereocenters. The Morgan fingerprint density at radius 2 is 1.62 bits per heavy atom. The quantitative estimate of drug-likeness (QED) is 0.600. The molecule has 21 heavy (non-hydrogen) atoms. The fourth-order valence-electron chi connectivity index (χ4n) is 3.97. The third-order valence-electron chi connectivity index (χ3n) is 5.44. The minimum atomic E-state index is -0.757. The van der Waals surface area contributed by atoms with Crippen LogP contribution < -0.4 is 0 Å². The average molecular weight is 290 g/mol. The molecule has 0 spiro atoms. The van der Waals surface area contributed by atoms with Gasteiger partial charge in [-0.15, -0.1) is 0 Å². The summed E-state index contributed by atoms with van der Waals surface area (Å²) >= 11 is 0. The monoisotopic (exact) mass is 290 g/mol. The van der Waals surface area contributed by atoms with E-state index >= 15 is 0 Å². The highest BCUT2D eigenvalue weighted by molar-refractivity contribution is 5.26. The summed E-state index contributed by atoms with van der Waals surface area (Å²) in [5.41, 5.74) is 0.904. The summed E-state index contributed by atoms with van der Waals surface area (Å²) in [6.07, 6.45) is 12.2. The van der Waals surface area contributed by atoms with E-state index in [0.29, 0.717) is 5.92 Å². The maximum absolute atomic E-state index is 13.3. The van der Waals surface area contributed by atoms with Crippen molar-refractivity contribution in [3.8, 4) is 0 Å². The van der Waals surface area contributed by atoms with Gasteiger partial charge in [0.25, 0.3) is 0 Å². The molecule has 0 aromatic heterocycles. The highest BCUT2D eigenvalue weighted by atomic mass is 19.2. The van der Waals surface area contributed by atoms with Crippen molar-refractivity contribution in [2.45, 2.75) is 51.4 Å². The predicted molar refractivity (Wildman–Crippen MR) is 82.1 cm³/mol. The summed E-state index contributed by atoms with van der Waals surface area (Å²) in [6, 6.07) is 4.32. The van der Waals surface area contributed by atoms with Crippen LogP contribution in [0, 0.1) is 29.4 Å². The first-order valence-corrected chi connectivity index (χ1v) is 8.26. The first kappa shape index (κ1) is 14.7. The van der Waals surface area contributed by atoms with Gasteiger partial charge in [0.1, 0.15) is 0 Å². The van der Waals surface area contributed by atoms with Crippen molar-refractivity contribution in [2.75, 3.05) is 0 Å². The zero-order chi connectivity index (χ0) is 14.8. The van der Waals surface area contributed by atoms with E-state index in [2.05, 4.69) is 19.1 Å². The Morgan fingerprint density at radius 1 is 0.857 bits per heavy atom. The fraction of sp³-hybridized carbons (Fsp3) is 0.579. The Kier molecular flexibility index (Phi) is 4.42. The topological polar surface area (TPSA) is 0 Å². The number of hydrogen-bond donors (Lipinski definition) is 0. The van der Waals surface area contributed by atoms with E-state index in [9.17, 15) is 8.78 Å². The van der Waals surface area contributed by atoms with Crippen molar-refractivity contribution < 1.29 is 8.78 Å². The van der Waals surface area contributed by atoms with E-state index in [4.69, 9.17) is 0 Å². The smallest absolute Gasteiger partial charge is 0.159 e. The van der Waals surface area contributed by atoms with Crippen LogP contribution in [0.25, 0.3) is 0 Å². The molecular weight excluding hydrogens is 266 g/mol. The summed E-state index contributed by atoms with van der Waals surface area (Å²) in [6.45, 7) is 2.35. The molecule has 0 radical (unpaired) electrons. The Bertz CT molecular complexity index is 512. The summed E-state index contributed by atoms with van der Waals surface area (Å²) in [5.74, 6) is 1.18. The standard InChI is InChI=1S/C19H24F2/c1-13-2-4-14(5-3-13)15-6-8-16(9-7-15)17-10-11-18(20)19(21)12-17/h6,8,10-16H,2-5,7,9H2,1H3. The zero-order valence-corrected chi connectivity index (χ0v) is 12.7. The second kappa shape index (κ2) is 6.29. The van der Waals surface area contributed by atoms with Crippen molar-refractivity contribution in [3.63, 3.8) is 0 Å². The molecule has 0 aliphatic heterocycles. The molecule has 114 valence electrons. The Morgan fingerprint density at radius 3 is 2.24 bits per heavy atom. The second-order valence-electron chi connectivity index (χ2n) is 6.93. The lowest BCUT2D eigenvalue weighted by molar-refractivity contribution is 0.225. The van der Waals surface area contributed by atoms with Gasteiger partial charge in [-0.3, -0.25) is 0 Å². The third-order valence-corrected chi connectivity index (χ3v) is 5.44. The van der Waals surface area contributed by atoms with Crippen LogP contribution >= 0.6 is 0 Å². The Labute approximate surface area is 126 Å². The molecule has 0 amide bonds. The van der Waals surface area contributed by atoms with E-state index in [-0.39, 0.29) is 5.92 Å². The Hall–Kier alpha value is -1.18. The number of halogens is 2. The van der Waals surface area contributed by atoms with Gasteiger partial charge in [-0.25, -0.2) is 8.78 Å². The lowest BCUT2D eigenvalue weighted by Crippen LogP contribution is -2.22. The van der Waals surface area contributed by atoms with Crippen LogP contribution in [0.3, 0.4) is 0 Å². The van der Waals surface area contributed by atoms with Crippen molar-refractivity contribution in [3.05, 3.63) is 47.5 Å². The molecule has 0 heterocycles. The number of allylic oxidation sites excluding steroid dienone is 2. The molecule has 0 nitrogen and oxygen atoms in total. The van der Waals surface area contributed by atoms with Crippen LogP contribution in [0.15, 0.2) is 30.4 Å². The molecule has 0 saturated heterocycles. The van der Waals surface area contributed by atoms with E-state index in [1.807, 2.05) is 0 Å². The fourth-order valence-corrected chi connectivity index (χ4v) is 3.97. The molecule has 0 N–H and O–H groups in total. The third kappa shape index (κ3) is 3.36. The lowest BCUT2D eigenvalue weighted by Gasteiger charge is -2.34. The summed E-state index contributed by atoms with van der Waals surface area (Å²) < 4.78 is 26.3. The largest absolute Gasteiger partial charge is 0.204 e. The van der Waals surface area contributed by atoms with Crippen molar-refractivity contribution >= 4 is 0 Å². The van der Waals surface area contributed by atoms with Gasteiger partial charge in [0.2, 0.25) is 0 Å². The van der Waals surface area contributed by atoms with Gasteiger partial charge < -0.3 is 0 Å². The normalized spacial score (nSPS) is 33.1. The molecule has 1 saturated carbocycles. The van der Waals surface area contributed by atoms with Crippen molar-refractivity contribution in [2.24, 2.45) is 17.8 Å². The predicted octanol–water partition coefficient (Wildman–Crippen LogP) is 5.84. The number of rotatable bonds is 2. The molecule has 1 fully saturated rings. The highest BCUT2D eigenvalue weighted by Gasteiger charge is 2.27. The molecule has 1 aromatic carbocycles. The average Bonchev–Trinajstić information content (AvgIpc) is 2.51. The SMILES string of the molecule is CC1CCC(C2C=CC(c3ccc(F)c(F)c3)CC2)CC1. The first-order valence-electron chi connectivity index (χ1n) is 8.26. The first-order chi connectivity index (χ1) is 10.1. The van der Waals surface area contributed by atoms with E-state index < -0.39 is 11.6 Å². The van der Waals surface area contributed by atoms with Gasteiger partial charge in [-0.05, 0) is 61.1 Å². The Balaban J connectivity index is 1.64. The second-order valence-corrected chi connectivity index (χ2v) is 6.93. The number of hydrogen-bond acceptors (Lipinski definition) is 0. The van der Waals surface area contributed by atoms with Gasteiger partial charge in [0.15, 0.2) is 11.6 Å². The summed E-state index contributed by atoms with van der Waals surface area (Å²) in [4.78, 5) is 0. The van der Waals surface area contributed by atoms with Crippen LogP contribution in [0.2, 0.25) is 0 Å². The van der Waals surface area contributed by atoms with Crippen molar-refractivity contribution in [1.29, 1.82) is 0 Å². The summed E-state index contributed by atoms with van der Waals surface area (Å²) in [7, 11) is 0. The van der Waals surface area contributed by atoms with E-state index in [0.717, 1.165) is 23.8 Å². The highest BCUT2D eigenvalue weighted by Crippen LogP contribution is 2.40. The molecule has 2 aliphatic rings. The van der Waals surface area contributed by atoms with Crippen LogP contribution in [0.4, 0.5) is 8.78 Å². The van der Waals surface area contributed by atoms with Gasteiger partial charge in [0.05, 0.1) is 0 Å². The van der Waals surface area contributed by atoms with Crippen LogP contribution in [-0.4, -0.2) is 0 Å². The van der Waals surface area contributed by atoms with Gasteiger partial charge >= 0.3 is 0 Å². The minimum Gasteiger partial charge on any atom is -0.204 e. The molecule has 2 atom stereocenters. The maximum Gasteiger partial charge on any atom is 0.159 e. The number of benzene rings is 1. The van der Waals surface area contributed by atoms with Crippen LogP contribution in [-0.2, 0) is 0 Å². The summed E-state index contributed by atoms with van der Waals surface area (Å²) in [5, 5.41) is 0. The molecule has 1 aromatic rings. The van der Waals surface area contributed by atoms with Gasteiger partial charge in [0, 0.05) is 5.92 Å². The molecule has 0 bridgehead atoms. The molecule has 3 rings (SSSR count). The van der Waals surface area contributed by atoms with E-state index in [1.165, 1.54) is 44.2 Å². The maximum atomic E-state index is 13.3.